The predicted octanol–water partition coefficient (Wildman–Crippen LogP) is 4.63. The lowest BCUT2D eigenvalue weighted by Gasteiger charge is -2.17. The number of hydrogen-bond acceptors (Lipinski definition) is 3. The number of benzene rings is 2. The van der Waals surface area contributed by atoms with Gasteiger partial charge in [-0.1, -0.05) is 23.7 Å². The normalized spacial score (nSPS) is 11.9. The van der Waals surface area contributed by atoms with Crippen LogP contribution in [0.2, 0.25) is 5.02 Å². The lowest BCUT2D eigenvalue weighted by molar-refractivity contribution is 0.0939. The molecule has 1 N–H and O–H groups in total. The second kappa shape index (κ2) is 8.06. The number of nitrogens with one attached hydrogen (secondary N) is 1. The fourth-order valence-electron chi connectivity index (χ4n) is 2.30. The molecule has 0 saturated heterocycles. The smallest absolute Gasteiger partial charge is 0.251 e. The van der Waals surface area contributed by atoms with Crippen LogP contribution >= 0.6 is 11.6 Å². The molecule has 1 atom stereocenters. The van der Waals surface area contributed by atoms with Crippen molar-refractivity contribution in [3.8, 4) is 11.5 Å². The van der Waals surface area contributed by atoms with Crippen molar-refractivity contribution < 1.29 is 14.3 Å². The molecule has 0 aliphatic carbocycles. The highest BCUT2D eigenvalue weighted by Gasteiger charge is 2.15. The number of ether oxygens (including phenoxy) is 2. The fraction of sp³-hybridized carbons (Fsp3) is 0.316. The molecule has 0 fully saturated rings. The number of carbonyl (C=O) groups is 1. The van der Waals surface area contributed by atoms with Gasteiger partial charge in [0.05, 0.1) is 19.3 Å². The van der Waals surface area contributed by atoms with Gasteiger partial charge < -0.3 is 14.8 Å². The zero-order chi connectivity index (χ0) is 17.7. The Balaban J connectivity index is 2.14. The Labute approximate surface area is 147 Å². The summed E-state index contributed by atoms with van der Waals surface area (Å²) in [6.07, 6.45) is 0.0291. The molecule has 4 nitrogen and oxygen atoms in total. The number of carbonyl (C=O) groups excluding carboxylic acids is 1. The molecule has 5 heteroatoms. The number of halogens is 1. The Bertz CT molecular complexity index is 716. The molecule has 2 aromatic rings. The lowest BCUT2D eigenvalue weighted by Crippen LogP contribution is -2.26. The highest BCUT2D eigenvalue weighted by Crippen LogP contribution is 2.29. The Kier molecular flexibility index (Phi) is 6.10. The molecular weight excluding hydrogens is 326 g/mol. The maximum atomic E-state index is 12.5. The van der Waals surface area contributed by atoms with Crippen LogP contribution in [0.1, 0.15) is 42.7 Å². The van der Waals surface area contributed by atoms with Crippen LogP contribution in [-0.4, -0.2) is 19.1 Å². The summed E-state index contributed by atoms with van der Waals surface area (Å²) >= 11 is 6.00. The number of rotatable bonds is 6. The van der Waals surface area contributed by atoms with Gasteiger partial charge in [-0.2, -0.15) is 0 Å². The zero-order valence-electron chi connectivity index (χ0n) is 14.3. The van der Waals surface area contributed by atoms with Gasteiger partial charge in [-0.15, -0.1) is 0 Å². The van der Waals surface area contributed by atoms with Crippen molar-refractivity contribution in [3.63, 3.8) is 0 Å². The monoisotopic (exact) mass is 347 g/mol. The van der Waals surface area contributed by atoms with E-state index in [1.54, 1.807) is 31.4 Å². The molecule has 1 amide bonds. The third-order valence-electron chi connectivity index (χ3n) is 3.48. The van der Waals surface area contributed by atoms with E-state index in [1.165, 1.54) is 0 Å². The maximum absolute atomic E-state index is 12.5. The molecule has 24 heavy (non-hydrogen) atoms. The van der Waals surface area contributed by atoms with Gasteiger partial charge in [0.25, 0.3) is 5.91 Å². The van der Waals surface area contributed by atoms with Crippen LogP contribution in [0.3, 0.4) is 0 Å². The Morgan fingerprint density at radius 2 is 1.83 bits per heavy atom. The lowest BCUT2D eigenvalue weighted by atomic mass is 10.1. The molecule has 0 bridgehead atoms. The molecule has 2 rings (SSSR count). The molecule has 2 aromatic carbocycles. The second-order valence-electron chi connectivity index (χ2n) is 5.78. The second-order valence-corrected chi connectivity index (χ2v) is 6.22. The van der Waals surface area contributed by atoms with Crippen LogP contribution in [0.15, 0.2) is 42.5 Å². The van der Waals surface area contributed by atoms with Crippen LogP contribution in [-0.2, 0) is 0 Å². The topological polar surface area (TPSA) is 47.6 Å². The summed E-state index contributed by atoms with van der Waals surface area (Å²) in [7, 11) is 1.55. The summed E-state index contributed by atoms with van der Waals surface area (Å²) in [4.78, 5) is 12.5. The molecule has 0 heterocycles. The van der Waals surface area contributed by atoms with Crippen molar-refractivity contribution in [2.45, 2.75) is 32.9 Å². The van der Waals surface area contributed by atoms with Crippen molar-refractivity contribution in [1.29, 1.82) is 0 Å². The summed E-state index contributed by atoms with van der Waals surface area (Å²) < 4.78 is 11.0. The first-order valence-electron chi connectivity index (χ1n) is 7.81. The molecule has 0 aromatic heterocycles. The largest absolute Gasteiger partial charge is 0.493 e. The van der Waals surface area contributed by atoms with Gasteiger partial charge in [0, 0.05) is 10.6 Å². The van der Waals surface area contributed by atoms with Gasteiger partial charge in [0.15, 0.2) is 11.5 Å². The molecule has 128 valence electrons. The first-order valence-corrected chi connectivity index (χ1v) is 8.19. The third-order valence-corrected chi connectivity index (χ3v) is 3.72. The van der Waals surface area contributed by atoms with Gasteiger partial charge in [-0.05, 0) is 56.7 Å². The summed E-state index contributed by atoms with van der Waals surface area (Å²) in [5, 5.41) is 3.60. The van der Waals surface area contributed by atoms with Gasteiger partial charge >= 0.3 is 0 Å². The summed E-state index contributed by atoms with van der Waals surface area (Å²) in [5.41, 5.74) is 1.46. The van der Waals surface area contributed by atoms with Crippen LogP contribution in [0, 0.1) is 0 Å². The molecular formula is C19H22ClNO3. The van der Waals surface area contributed by atoms with E-state index in [0.717, 1.165) is 5.56 Å². The van der Waals surface area contributed by atoms with Crippen LogP contribution < -0.4 is 14.8 Å². The van der Waals surface area contributed by atoms with Crippen LogP contribution in [0.25, 0.3) is 0 Å². The SMILES string of the molecule is COc1cc(C(=O)NC(C)c2cccc(Cl)c2)ccc1OC(C)C. The standard InChI is InChI=1S/C19H22ClNO3/c1-12(2)24-17-9-8-15(11-18(17)23-4)19(22)21-13(3)14-6-5-7-16(20)10-14/h5-13H,1-4H3,(H,21,22). The van der Waals surface area contributed by atoms with E-state index in [2.05, 4.69) is 5.32 Å². The van der Waals surface area contributed by atoms with E-state index in [4.69, 9.17) is 21.1 Å². The Morgan fingerprint density at radius 3 is 2.46 bits per heavy atom. The molecule has 0 radical (unpaired) electrons. The fourth-order valence-corrected chi connectivity index (χ4v) is 2.50. The third kappa shape index (κ3) is 4.65. The van der Waals surface area contributed by atoms with Crippen molar-refractivity contribution in [2.24, 2.45) is 0 Å². The van der Waals surface area contributed by atoms with E-state index in [-0.39, 0.29) is 18.1 Å². The average molecular weight is 348 g/mol. The quantitative estimate of drug-likeness (QED) is 0.829. The Hall–Kier alpha value is -2.20. The van der Waals surface area contributed by atoms with Gasteiger partial charge in [-0.3, -0.25) is 4.79 Å². The summed E-state index contributed by atoms with van der Waals surface area (Å²) in [6.45, 7) is 5.79. The first kappa shape index (κ1) is 18.1. The molecule has 0 aliphatic heterocycles. The minimum Gasteiger partial charge on any atom is -0.493 e. The number of methoxy groups -OCH3 is 1. The average Bonchev–Trinajstić information content (AvgIpc) is 2.54. The highest BCUT2D eigenvalue weighted by atomic mass is 35.5. The molecule has 1 unspecified atom stereocenters. The van der Waals surface area contributed by atoms with Gasteiger partial charge in [0.2, 0.25) is 0 Å². The zero-order valence-corrected chi connectivity index (χ0v) is 15.1. The summed E-state index contributed by atoms with van der Waals surface area (Å²) in [6, 6.07) is 12.4. The van der Waals surface area contributed by atoms with E-state index < -0.39 is 0 Å². The van der Waals surface area contributed by atoms with Crippen molar-refractivity contribution in [2.75, 3.05) is 7.11 Å². The molecule has 0 aliphatic rings. The number of amides is 1. The van der Waals surface area contributed by atoms with Gasteiger partial charge in [-0.25, -0.2) is 0 Å². The first-order chi connectivity index (χ1) is 11.4. The molecule has 0 spiro atoms. The maximum Gasteiger partial charge on any atom is 0.251 e. The van der Waals surface area contributed by atoms with Crippen molar-refractivity contribution >= 4 is 17.5 Å². The minimum absolute atomic E-state index is 0.0291. The van der Waals surface area contributed by atoms with Gasteiger partial charge in [0.1, 0.15) is 0 Å². The Morgan fingerprint density at radius 1 is 1.08 bits per heavy atom. The summed E-state index contributed by atoms with van der Waals surface area (Å²) in [5.74, 6) is 0.968. The highest BCUT2D eigenvalue weighted by molar-refractivity contribution is 6.30. The number of hydrogen-bond donors (Lipinski definition) is 1. The predicted molar refractivity (Wildman–Crippen MR) is 96.1 cm³/mol. The van der Waals surface area contributed by atoms with Crippen molar-refractivity contribution in [1.82, 2.24) is 5.32 Å². The van der Waals surface area contributed by atoms with Crippen LogP contribution in [0.5, 0.6) is 11.5 Å². The van der Waals surface area contributed by atoms with E-state index >= 15 is 0 Å². The van der Waals surface area contributed by atoms with E-state index in [1.807, 2.05) is 39.0 Å². The van der Waals surface area contributed by atoms with Crippen LogP contribution in [0.4, 0.5) is 0 Å². The minimum atomic E-state index is -0.183. The van der Waals surface area contributed by atoms with E-state index in [9.17, 15) is 4.79 Å². The molecule has 0 saturated carbocycles. The van der Waals surface area contributed by atoms with E-state index in [0.29, 0.717) is 22.1 Å². The van der Waals surface area contributed by atoms with Crippen molar-refractivity contribution in [3.05, 3.63) is 58.6 Å².